The highest BCUT2D eigenvalue weighted by atomic mass is 127. The zero-order valence-electron chi connectivity index (χ0n) is 11.3. The molecule has 3 rings (SSSR count). The Morgan fingerprint density at radius 2 is 1.05 bits per heavy atom. The molecule has 0 heterocycles. The highest BCUT2D eigenvalue weighted by Crippen LogP contribution is 2.31. The summed E-state index contributed by atoms with van der Waals surface area (Å²) in [6, 6.07) is 30.3. The van der Waals surface area contributed by atoms with E-state index in [-0.39, 0.29) is 34.9 Å². The van der Waals surface area contributed by atoms with E-state index in [1.807, 2.05) is 0 Å². The molecule has 3 heteroatoms. The van der Waals surface area contributed by atoms with E-state index in [0.717, 1.165) is 0 Å². The van der Waals surface area contributed by atoms with Crippen LogP contribution in [0.25, 0.3) is 0 Å². The van der Waals surface area contributed by atoms with Crippen LogP contribution in [0, 0.1) is 3.57 Å². The normalized spacial score (nSPS) is 10.2. The van der Waals surface area contributed by atoms with Gasteiger partial charge in [0.25, 0.3) is 0 Å². The molecule has 21 heavy (non-hydrogen) atoms. The third-order valence-corrected chi connectivity index (χ3v) is 5.87. The first kappa shape index (κ1) is 16.8. The second kappa shape index (κ2) is 8.19. The van der Waals surface area contributed by atoms with Gasteiger partial charge in [-0.25, -0.2) is 0 Å². The molecule has 0 aliphatic carbocycles. The predicted octanol–water partition coefficient (Wildman–Crippen LogP) is 6.00. The average Bonchev–Trinajstić information content (AvgIpc) is 2.50. The number of hydrogen-bond donors (Lipinski definition) is 0. The van der Waals surface area contributed by atoms with Crippen LogP contribution in [0.3, 0.4) is 0 Å². The topological polar surface area (TPSA) is 0 Å². The van der Waals surface area contributed by atoms with Crippen LogP contribution in [0.5, 0.6) is 0 Å². The summed E-state index contributed by atoms with van der Waals surface area (Å²) in [7, 11) is -0.0297. The summed E-state index contributed by atoms with van der Waals surface area (Å²) in [5.74, 6) is 0. The minimum atomic E-state index is -0.0297. The van der Waals surface area contributed by atoms with E-state index in [2.05, 4.69) is 108 Å². The summed E-state index contributed by atoms with van der Waals surface area (Å²) in [6.07, 6.45) is 0. The van der Waals surface area contributed by atoms with Gasteiger partial charge >= 0.3 is 0 Å². The molecule has 0 aliphatic heterocycles. The Labute approximate surface area is 159 Å². The SMILES string of the molecule is I.Ic1cccc([S+](c2ccccc2)c2ccccc2)c1. The van der Waals surface area contributed by atoms with Crippen molar-refractivity contribution in [2.45, 2.75) is 14.7 Å². The monoisotopic (exact) mass is 517 g/mol. The van der Waals surface area contributed by atoms with E-state index in [1.165, 1.54) is 18.3 Å². The van der Waals surface area contributed by atoms with Crippen molar-refractivity contribution in [3.8, 4) is 0 Å². The van der Waals surface area contributed by atoms with Crippen molar-refractivity contribution >= 4 is 57.5 Å². The van der Waals surface area contributed by atoms with Gasteiger partial charge in [0.15, 0.2) is 14.7 Å². The van der Waals surface area contributed by atoms with Crippen molar-refractivity contribution in [2.75, 3.05) is 0 Å². The van der Waals surface area contributed by atoms with E-state index >= 15 is 0 Å². The molecule has 0 N–H and O–H groups in total. The van der Waals surface area contributed by atoms with E-state index in [0.29, 0.717) is 0 Å². The Bertz CT molecular complexity index is 644. The summed E-state index contributed by atoms with van der Waals surface area (Å²) < 4.78 is 1.28. The van der Waals surface area contributed by atoms with Crippen molar-refractivity contribution in [3.05, 3.63) is 88.5 Å². The first-order valence-electron chi connectivity index (χ1n) is 6.44. The van der Waals surface area contributed by atoms with Gasteiger partial charge in [0.1, 0.15) is 0 Å². The standard InChI is InChI=1S/C18H14IS.HI/c19-15-8-7-13-18(14-15)20(16-9-3-1-4-10-16)17-11-5-2-6-12-17;/h1-14H;1H/q+1;. The highest BCUT2D eigenvalue weighted by Gasteiger charge is 2.28. The van der Waals surface area contributed by atoms with Crippen molar-refractivity contribution in [1.82, 2.24) is 0 Å². The third kappa shape index (κ3) is 4.23. The Hall–Kier alpha value is -0.530. The first-order chi connectivity index (χ1) is 9.84. The lowest BCUT2D eigenvalue weighted by Gasteiger charge is -2.07. The molecule has 106 valence electrons. The van der Waals surface area contributed by atoms with Crippen LogP contribution in [0.15, 0.2) is 99.6 Å². The second-order valence-electron chi connectivity index (χ2n) is 4.39. The van der Waals surface area contributed by atoms with E-state index in [4.69, 9.17) is 0 Å². The molecule has 0 aromatic heterocycles. The van der Waals surface area contributed by atoms with E-state index in [9.17, 15) is 0 Å². The Morgan fingerprint density at radius 3 is 1.52 bits per heavy atom. The molecular formula is C18H15I2S+. The molecule has 0 nitrogen and oxygen atoms in total. The first-order valence-corrected chi connectivity index (χ1v) is 8.75. The van der Waals surface area contributed by atoms with Crippen molar-refractivity contribution < 1.29 is 0 Å². The molecule has 0 amide bonds. The van der Waals surface area contributed by atoms with Crippen LogP contribution in [-0.4, -0.2) is 0 Å². The lowest BCUT2D eigenvalue weighted by Crippen LogP contribution is -2.04. The molecule has 0 saturated heterocycles. The maximum atomic E-state index is 2.38. The smallest absolute Gasteiger partial charge is 0.107 e. The second-order valence-corrected chi connectivity index (χ2v) is 7.66. The molecule has 0 radical (unpaired) electrons. The van der Waals surface area contributed by atoms with Gasteiger partial charge in [-0.15, -0.1) is 24.0 Å². The van der Waals surface area contributed by atoms with Gasteiger partial charge in [0.2, 0.25) is 0 Å². The van der Waals surface area contributed by atoms with Crippen molar-refractivity contribution in [2.24, 2.45) is 0 Å². The van der Waals surface area contributed by atoms with Gasteiger partial charge in [0, 0.05) is 9.64 Å². The van der Waals surface area contributed by atoms with Gasteiger partial charge in [-0.2, -0.15) is 0 Å². The minimum Gasteiger partial charge on any atom is -0.107 e. The van der Waals surface area contributed by atoms with Gasteiger partial charge in [-0.05, 0) is 59.0 Å². The maximum Gasteiger partial charge on any atom is 0.167 e. The zero-order valence-corrected chi connectivity index (χ0v) is 16.6. The van der Waals surface area contributed by atoms with Gasteiger partial charge in [-0.3, -0.25) is 0 Å². The molecular weight excluding hydrogens is 502 g/mol. The molecule has 0 spiro atoms. The minimum absolute atomic E-state index is 0. The van der Waals surface area contributed by atoms with Crippen LogP contribution < -0.4 is 0 Å². The van der Waals surface area contributed by atoms with Crippen molar-refractivity contribution in [1.29, 1.82) is 0 Å². The average molecular weight is 517 g/mol. The van der Waals surface area contributed by atoms with Crippen LogP contribution >= 0.6 is 46.6 Å². The fourth-order valence-electron chi connectivity index (χ4n) is 2.12. The van der Waals surface area contributed by atoms with E-state index < -0.39 is 0 Å². The summed E-state index contributed by atoms with van der Waals surface area (Å²) in [5.41, 5.74) is 0. The van der Waals surface area contributed by atoms with Gasteiger partial charge in [-0.1, -0.05) is 42.5 Å². The highest BCUT2D eigenvalue weighted by molar-refractivity contribution is 14.1. The number of benzene rings is 3. The van der Waals surface area contributed by atoms with Crippen LogP contribution in [-0.2, 0) is 10.9 Å². The molecule has 0 unspecified atom stereocenters. The lowest BCUT2D eigenvalue weighted by molar-refractivity contribution is 1.31. The van der Waals surface area contributed by atoms with Gasteiger partial charge in [0.05, 0.1) is 10.9 Å². The Kier molecular flexibility index (Phi) is 6.57. The molecule has 0 bridgehead atoms. The summed E-state index contributed by atoms with van der Waals surface area (Å²) in [4.78, 5) is 4.09. The molecule has 0 aliphatic rings. The maximum absolute atomic E-state index is 2.38. The van der Waals surface area contributed by atoms with Crippen LogP contribution in [0.1, 0.15) is 0 Å². The fourth-order valence-corrected chi connectivity index (χ4v) is 5.00. The molecule has 0 fully saturated rings. The van der Waals surface area contributed by atoms with Crippen molar-refractivity contribution in [3.63, 3.8) is 0 Å². The Morgan fingerprint density at radius 1 is 0.571 bits per heavy atom. The summed E-state index contributed by atoms with van der Waals surface area (Å²) >= 11 is 2.38. The summed E-state index contributed by atoms with van der Waals surface area (Å²) in [5, 5.41) is 0. The Balaban J connectivity index is 0.00000161. The molecule has 0 atom stereocenters. The quantitative estimate of drug-likeness (QED) is 0.295. The lowest BCUT2D eigenvalue weighted by atomic mass is 10.4. The fraction of sp³-hybridized carbons (Fsp3) is 0. The zero-order chi connectivity index (χ0) is 13.8. The van der Waals surface area contributed by atoms with Gasteiger partial charge < -0.3 is 0 Å². The summed E-state index contributed by atoms with van der Waals surface area (Å²) in [6.45, 7) is 0. The predicted molar refractivity (Wildman–Crippen MR) is 110 cm³/mol. The molecule has 0 saturated carbocycles. The largest absolute Gasteiger partial charge is 0.167 e. The molecule has 3 aromatic rings. The third-order valence-electron chi connectivity index (χ3n) is 2.99. The van der Waals surface area contributed by atoms with E-state index in [1.54, 1.807) is 0 Å². The van der Waals surface area contributed by atoms with Crippen LogP contribution in [0.2, 0.25) is 0 Å². The molecule has 3 aromatic carbocycles. The number of halogens is 2. The number of rotatable bonds is 3. The van der Waals surface area contributed by atoms with Crippen LogP contribution in [0.4, 0.5) is 0 Å². The number of hydrogen-bond acceptors (Lipinski definition) is 0.